The third-order valence-electron chi connectivity index (χ3n) is 3.93. The predicted molar refractivity (Wildman–Crippen MR) is 137 cm³/mol. The quantitative estimate of drug-likeness (QED) is 0.278. The molecule has 3 heterocycles. The van der Waals surface area contributed by atoms with Crippen molar-refractivity contribution in [3.63, 3.8) is 0 Å². The molecule has 0 bridgehead atoms. The molecule has 0 fully saturated rings. The van der Waals surface area contributed by atoms with Crippen molar-refractivity contribution in [1.82, 2.24) is 14.9 Å². The molecule has 0 saturated heterocycles. The summed E-state index contributed by atoms with van der Waals surface area (Å²) in [5.74, 6) is 2.08. The van der Waals surface area contributed by atoms with Gasteiger partial charge in [0.2, 0.25) is 11.8 Å². The fourth-order valence-electron chi connectivity index (χ4n) is 2.67. The summed E-state index contributed by atoms with van der Waals surface area (Å²) in [7, 11) is 6.00. The summed E-state index contributed by atoms with van der Waals surface area (Å²) in [5, 5.41) is 0. The van der Waals surface area contributed by atoms with Crippen LogP contribution in [0.25, 0.3) is 11.3 Å². The first-order valence-corrected chi connectivity index (χ1v) is 10.8. The number of nitrogens with zero attached hydrogens (tertiary/aromatic N) is 3. The van der Waals surface area contributed by atoms with Gasteiger partial charge in [-0.1, -0.05) is 57.2 Å². The van der Waals surface area contributed by atoms with Gasteiger partial charge in [0.1, 0.15) is 6.29 Å². The van der Waals surface area contributed by atoms with Crippen molar-refractivity contribution in [2.75, 3.05) is 21.1 Å². The minimum Gasteiger partial charge on any atom is -0.420 e. The average Bonchev–Trinajstić information content (AvgIpc) is 2.78. The van der Waals surface area contributed by atoms with Gasteiger partial charge in [-0.2, -0.15) is 0 Å². The summed E-state index contributed by atoms with van der Waals surface area (Å²) < 4.78 is 5.89. The molecule has 2 aromatic heterocycles. The summed E-state index contributed by atoms with van der Waals surface area (Å²) in [5.41, 5.74) is 5.47. The summed E-state index contributed by atoms with van der Waals surface area (Å²) in [4.78, 5) is 21.8. The number of pyridine rings is 2. The van der Waals surface area contributed by atoms with Gasteiger partial charge < -0.3 is 9.64 Å². The van der Waals surface area contributed by atoms with Crippen LogP contribution in [0, 0.1) is 25.7 Å². The molecule has 1 aliphatic rings. The number of aromatic nitrogens is 2. The van der Waals surface area contributed by atoms with Gasteiger partial charge in [0.05, 0.1) is 5.69 Å². The Bertz CT molecular complexity index is 1030. The summed E-state index contributed by atoms with van der Waals surface area (Å²) in [6.07, 6.45) is 9.60. The largest absolute Gasteiger partial charge is 0.420 e. The van der Waals surface area contributed by atoms with Crippen molar-refractivity contribution in [2.45, 2.75) is 34.1 Å². The van der Waals surface area contributed by atoms with Crippen molar-refractivity contribution < 1.29 is 9.53 Å². The van der Waals surface area contributed by atoms with E-state index in [9.17, 15) is 4.79 Å². The van der Waals surface area contributed by atoms with E-state index >= 15 is 0 Å². The number of ether oxygens (including phenoxy) is 1. The molecule has 4 rings (SSSR count). The first-order chi connectivity index (χ1) is 15.7. The second-order valence-corrected chi connectivity index (χ2v) is 8.67. The Kier molecular flexibility index (Phi) is 11.5. The maximum Gasteiger partial charge on any atom is 0.225 e. The third-order valence-corrected chi connectivity index (χ3v) is 3.93. The Morgan fingerprint density at radius 2 is 1.36 bits per heavy atom. The number of fused-ring (bicyclic) bond motifs is 2. The number of aldehydes is 1. The molecular weight excluding hydrogens is 410 g/mol. The number of carbonyl (C=O) groups excluding carboxylic acids is 1. The predicted octanol–water partition coefficient (Wildman–Crippen LogP) is 6.05. The molecule has 3 aromatic rings. The topological polar surface area (TPSA) is 55.3 Å². The highest BCUT2D eigenvalue weighted by atomic mass is 16.5. The summed E-state index contributed by atoms with van der Waals surface area (Å²) in [6, 6.07) is 15.4. The second-order valence-electron chi connectivity index (χ2n) is 8.67. The molecule has 1 aliphatic heterocycles. The maximum atomic E-state index is 10.7. The standard InChI is InChI=1S/C19H14N2O2.C4H10.C3H9N.C2H2/c1-12-2-5-15-10-16-8-9-17(21-19(16)23-18(15)20-12)14-6-3-13(11-22)4-7-14;2*1-4(2)3;1-2/h2-9,11H,10H2,1H3;4H,1-3H3;1-3H3;1-2H. The highest BCUT2D eigenvalue weighted by Gasteiger charge is 2.20. The van der Waals surface area contributed by atoms with Crippen LogP contribution in [0.2, 0.25) is 0 Å². The van der Waals surface area contributed by atoms with Crippen LogP contribution in [-0.2, 0) is 6.42 Å². The lowest BCUT2D eigenvalue weighted by molar-refractivity contribution is 0.112. The third kappa shape index (κ3) is 9.26. The summed E-state index contributed by atoms with van der Waals surface area (Å²) in [6.45, 7) is 8.44. The van der Waals surface area contributed by atoms with Crippen LogP contribution in [0.4, 0.5) is 0 Å². The Balaban J connectivity index is 0.000000468. The van der Waals surface area contributed by atoms with Crippen LogP contribution >= 0.6 is 0 Å². The first-order valence-electron chi connectivity index (χ1n) is 10.8. The molecule has 0 saturated carbocycles. The normalized spacial score (nSPS) is 10.6. The van der Waals surface area contributed by atoms with Gasteiger partial charge in [0.25, 0.3) is 0 Å². The minimum absolute atomic E-state index is 0.604. The highest BCUT2D eigenvalue weighted by Crippen LogP contribution is 2.35. The number of aryl methyl sites for hydroxylation is 1. The number of benzene rings is 1. The second kappa shape index (κ2) is 13.8. The van der Waals surface area contributed by atoms with Crippen LogP contribution in [-0.4, -0.2) is 42.3 Å². The monoisotopic (exact) mass is 445 g/mol. The molecule has 0 aliphatic carbocycles. The van der Waals surface area contributed by atoms with E-state index in [4.69, 9.17) is 4.74 Å². The number of hydrogen-bond acceptors (Lipinski definition) is 5. The van der Waals surface area contributed by atoms with Crippen molar-refractivity contribution in [3.8, 4) is 35.9 Å². The van der Waals surface area contributed by atoms with Gasteiger partial charge >= 0.3 is 0 Å². The zero-order valence-corrected chi connectivity index (χ0v) is 20.8. The van der Waals surface area contributed by atoms with E-state index in [-0.39, 0.29) is 0 Å². The molecule has 1 aromatic carbocycles. The lowest BCUT2D eigenvalue weighted by atomic mass is 10.0. The van der Waals surface area contributed by atoms with Gasteiger partial charge in [0.15, 0.2) is 0 Å². The number of terminal acetylenes is 1. The van der Waals surface area contributed by atoms with Crippen LogP contribution < -0.4 is 4.74 Å². The van der Waals surface area contributed by atoms with E-state index in [0.717, 1.165) is 46.7 Å². The summed E-state index contributed by atoms with van der Waals surface area (Å²) >= 11 is 0. The number of carbonyl (C=O) groups is 1. The highest BCUT2D eigenvalue weighted by molar-refractivity contribution is 5.76. The molecule has 0 N–H and O–H groups in total. The van der Waals surface area contributed by atoms with Crippen molar-refractivity contribution >= 4 is 6.29 Å². The zero-order chi connectivity index (χ0) is 25.0. The van der Waals surface area contributed by atoms with Crippen molar-refractivity contribution in [3.05, 3.63) is 70.9 Å². The van der Waals surface area contributed by atoms with E-state index in [1.54, 1.807) is 12.1 Å². The molecule has 0 atom stereocenters. The molecule has 5 nitrogen and oxygen atoms in total. The molecule has 0 amide bonds. The molecule has 5 heteroatoms. The van der Waals surface area contributed by atoms with E-state index in [1.165, 1.54) is 0 Å². The Labute approximate surface area is 198 Å². The van der Waals surface area contributed by atoms with Gasteiger partial charge in [-0.25, -0.2) is 9.97 Å². The Morgan fingerprint density at radius 1 is 0.879 bits per heavy atom. The van der Waals surface area contributed by atoms with E-state index in [1.807, 2.05) is 69.4 Å². The van der Waals surface area contributed by atoms with Crippen molar-refractivity contribution in [1.29, 1.82) is 0 Å². The maximum absolute atomic E-state index is 10.7. The van der Waals surface area contributed by atoms with Crippen LogP contribution in [0.1, 0.15) is 48.0 Å². The lowest BCUT2D eigenvalue weighted by Crippen LogP contribution is -2.07. The molecule has 0 unspecified atom stereocenters. The van der Waals surface area contributed by atoms with E-state index < -0.39 is 0 Å². The van der Waals surface area contributed by atoms with E-state index in [0.29, 0.717) is 17.3 Å². The SMILES string of the molecule is C#C.CC(C)C.CN(C)C.Cc1ccc2c(n1)Oc1nc(-c3ccc(C=O)cc3)ccc1C2. The smallest absolute Gasteiger partial charge is 0.225 e. The fraction of sp³-hybridized carbons (Fsp3) is 0.321. The van der Waals surface area contributed by atoms with Gasteiger partial charge in [-0.15, -0.1) is 12.8 Å². The van der Waals surface area contributed by atoms with Crippen LogP contribution in [0.3, 0.4) is 0 Å². The lowest BCUT2D eigenvalue weighted by Gasteiger charge is -2.19. The average molecular weight is 446 g/mol. The van der Waals surface area contributed by atoms with Crippen LogP contribution in [0.5, 0.6) is 11.8 Å². The van der Waals surface area contributed by atoms with Gasteiger partial charge in [-0.05, 0) is 46.1 Å². The molecule has 0 radical (unpaired) electrons. The van der Waals surface area contributed by atoms with Crippen molar-refractivity contribution in [2.24, 2.45) is 5.92 Å². The number of hydrogen-bond donors (Lipinski definition) is 0. The number of rotatable bonds is 2. The van der Waals surface area contributed by atoms with E-state index in [2.05, 4.69) is 43.6 Å². The zero-order valence-electron chi connectivity index (χ0n) is 20.8. The fourth-order valence-corrected chi connectivity index (χ4v) is 2.67. The minimum atomic E-state index is 0.604. The Morgan fingerprint density at radius 3 is 1.88 bits per heavy atom. The molecule has 33 heavy (non-hydrogen) atoms. The molecular formula is C28H35N3O2. The van der Waals surface area contributed by atoms with Gasteiger partial charge in [0, 0.05) is 34.4 Å². The van der Waals surface area contributed by atoms with Gasteiger partial charge in [-0.3, -0.25) is 4.79 Å². The first kappa shape index (κ1) is 27.5. The van der Waals surface area contributed by atoms with Crippen LogP contribution in [0.15, 0.2) is 48.5 Å². The molecule has 0 spiro atoms. The Hall–Kier alpha value is -3.49. The molecule has 174 valence electrons.